The van der Waals surface area contributed by atoms with E-state index in [4.69, 9.17) is 4.74 Å². The number of hydrogen-bond acceptors (Lipinski definition) is 3. The van der Waals surface area contributed by atoms with Gasteiger partial charge in [-0.1, -0.05) is 0 Å². The van der Waals surface area contributed by atoms with Gasteiger partial charge >= 0.3 is 17.1 Å². The van der Waals surface area contributed by atoms with Gasteiger partial charge in [0, 0.05) is 13.7 Å². The normalized spacial score (nSPS) is 17.5. The van der Waals surface area contributed by atoms with Crippen molar-refractivity contribution in [3.63, 3.8) is 0 Å². The molecule has 1 rings (SSSR count). The molecular formula is C10H18MnN2O2. The zero-order valence-electron chi connectivity index (χ0n) is 9.33. The van der Waals surface area contributed by atoms with Crippen molar-refractivity contribution in [2.75, 3.05) is 46.9 Å². The molecule has 0 unspecified atom stereocenters. The largest absolute Gasteiger partial charge is 2.00 e. The molecule has 4 nitrogen and oxygen atoms in total. The van der Waals surface area contributed by atoms with Gasteiger partial charge in [0.05, 0.1) is 6.61 Å². The molecular weight excluding hydrogens is 235 g/mol. The average molecular weight is 253 g/mol. The number of carbonyl (C=O) groups excluding carboxylic acids is 1. The minimum Gasteiger partial charge on any atom is -0.540 e. The van der Waals surface area contributed by atoms with Gasteiger partial charge in [-0.15, -0.1) is 13.1 Å². The fourth-order valence-corrected chi connectivity index (χ4v) is 1.65. The topological polar surface area (TPSA) is 32.8 Å². The summed E-state index contributed by atoms with van der Waals surface area (Å²) in [6.07, 6.45) is 3.04. The van der Waals surface area contributed by atoms with E-state index in [1.54, 1.807) is 12.0 Å². The van der Waals surface area contributed by atoms with Crippen LogP contribution in [-0.2, 0) is 26.6 Å². The molecule has 0 aromatic heterocycles. The summed E-state index contributed by atoms with van der Waals surface area (Å²) in [6.45, 7) is 4.06. The Morgan fingerprint density at radius 2 is 2.33 bits per heavy atom. The Labute approximate surface area is 102 Å². The second kappa shape index (κ2) is 8.11. The van der Waals surface area contributed by atoms with Crippen LogP contribution in [0.3, 0.4) is 0 Å². The van der Waals surface area contributed by atoms with Crippen LogP contribution in [0.25, 0.3) is 0 Å². The van der Waals surface area contributed by atoms with E-state index in [0.717, 1.165) is 26.1 Å². The Kier molecular flexibility index (Phi) is 8.06. The van der Waals surface area contributed by atoms with Crippen molar-refractivity contribution in [3.8, 4) is 0 Å². The minimum atomic E-state index is 0. The third kappa shape index (κ3) is 5.52. The maximum absolute atomic E-state index is 10.6. The Bertz CT molecular complexity index is 181. The third-order valence-corrected chi connectivity index (χ3v) is 2.45. The van der Waals surface area contributed by atoms with Crippen molar-refractivity contribution >= 4 is 6.41 Å². The quantitative estimate of drug-likeness (QED) is 0.377. The molecule has 1 fully saturated rings. The van der Waals surface area contributed by atoms with Gasteiger partial charge in [-0.05, 0) is 13.6 Å². The second-order valence-corrected chi connectivity index (χ2v) is 3.74. The van der Waals surface area contributed by atoms with Crippen LogP contribution in [0, 0.1) is 5.92 Å². The fourth-order valence-electron chi connectivity index (χ4n) is 1.65. The van der Waals surface area contributed by atoms with Crippen molar-refractivity contribution < 1.29 is 26.6 Å². The van der Waals surface area contributed by atoms with E-state index in [1.165, 1.54) is 5.92 Å². The van der Waals surface area contributed by atoms with E-state index in [-0.39, 0.29) is 17.1 Å². The molecule has 0 aromatic rings. The predicted molar refractivity (Wildman–Crippen MR) is 54.5 cm³/mol. The van der Waals surface area contributed by atoms with Crippen LogP contribution < -0.4 is 0 Å². The molecule has 1 heterocycles. The summed E-state index contributed by atoms with van der Waals surface area (Å²) in [6, 6.07) is 0. The van der Waals surface area contributed by atoms with Gasteiger partial charge in [0.25, 0.3) is 0 Å². The number of amides is 1. The molecule has 0 spiro atoms. The monoisotopic (exact) mass is 253 g/mol. The first-order chi connectivity index (χ1) is 6.76. The van der Waals surface area contributed by atoms with Crippen molar-refractivity contribution in [1.29, 1.82) is 0 Å². The van der Waals surface area contributed by atoms with Crippen LogP contribution in [0.5, 0.6) is 0 Å². The van der Waals surface area contributed by atoms with Crippen molar-refractivity contribution in [2.24, 2.45) is 0 Å². The van der Waals surface area contributed by atoms with Gasteiger partial charge in [0.15, 0.2) is 0 Å². The summed E-state index contributed by atoms with van der Waals surface area (Å²) in [7, 11) is 3.73. The van der Waals surface area contributed by atoms with Crippen molar-refractivity contribution in [2.45, 2.75) is 6.42 Å². The number of likely N-dealkylation sites (tertiary alicyclic amines) is 1. The zero-order chi connectivity index (χ0) is 10.4. The fraction of sp³-hybridized carbons (Fsp3) is 0.800. The van der Waals surface area contributed by atoms with E-state index in [1.807, 2.05) is 6.41 Å². The molecule has 0 atom stereocenters. The van der Waals surface area contributed by atoms with Gasteiger partial charge in [-0.3, -0.25) is 5.92 Å². The molecule has 15 heavy (non-hydrogen) atoms. The van der Waals surface area contributed by atoms with Gasteiger partial charge in [0.1, 0.15) is 0 Å². The minimum absolute atomic E-state index is 0. The number of ether oxygens (including phenoxy) is 1. The van der Waals surface area contributed by atoms with Crippen molar-refractivity contribution in [1.82, 2.24) is 9.80 Å². The molecule has 1 radical (unpaired) electrons. The molecule has 1 aliphatic heterocycles. The number of rotatable bonds is 6. The average Bonchev–Trinajstić information content (AvgIpc) is 2.58. The summed E-state index contributed by atoms with van der Waals surface area (Å²) in [5.41, 5.74) is 0. The first-order valence-corrected chi connectivity index (χ1v) is 4.90. The molecule has 1 amide bonds. The predicted octanol–water partition coefficient (Wildman–Crippen LogP) is -0.0905. The van der Waals surface area contributed by atoms with Gasteiger partial charge in [-0.2, -0.15) is 12.8 Å². The summed E-state index contributed by atoms with van der Waals surface area (Å²) >= 11 is 0. The molecule has 0 N–H and O–H groups in total. The van der Waals surface area contributed by atoms with E-state index in [0.29, 0.717) is 13.2 Å². The van der Waals surface area contributed by atoms with E-state index >= 15 is 0 Å². The Morgan fingerprint density at radius 1 is 1.60 bits per heavy atom. The standard InChI is InChI=1S/C10H18N2O2.Mn/c1-11-4-3-10(7-11)8-12(9-13)5-6-14-2;/h3-8H2,1-2H3;/q-2;+2. The van der Waals surface area contributed by atoms with Crippen LogP contribution in [0.4, 0.5) is 0 Å². The Morgan fingerprint density at radius 3 is 2.80 bits per heavy atom. The van der Waals surface area contributed by atoms with E-state index < -0.39 is 0 Å². The molecule has 0 aromatic carbocycles. The number of methoxy groups -OCH3 is 1. The molecule has 87 valence electrons. The van der Waals surface area contributed by atoms with Crippen LogP contribution in [0.1, 0.15) is 6.42 Å². The van der Waals surface area contributed by atoms with Crippen LogP contribution in [0.15, 0.2) is 0 Å². The summed E-state index contributed by atoms with van der Waals surface area (Å²) in [4.78, 5) is 14.5. The van der Waals surface area contributed by atoms with E-state index in [9.17, 15) is 4.79 Å². The maximum Gasteiger partial charge on any atom is 2.00 e. The first-order valence-electron chi connectivity index (χ1n) is 4.90. The summed E-state index contributed by atoms with van der Waals surface area (Å²) in [5.74, 6) is 1.41. The zero-order valence-corrected chi connectivity index (χ0v) is 10.5. The molecule has 0 saturated carbocycles. The van der Waals surface area contributed by atoms with Crippen LogP contribution in [-0.4, -0.2) is 63.2 Å². The number of nitrogens with zero attached hydrogens (tertiary/aromatic N) is 2. The molecule has 0 bridgehead atoms. The van der Waals surface area contributed by atoms with Crippen molar-refractivity contribution in [3.05, 3.63) is 5.92 Å². The summed E-state index contributed by atoms with van der Waals surface area (Å²) in [5, 5.41) is 0. The van der Waals surface area contributed by atoms with Gasteiger partial charge in [0.2, 0.25) is 0 Å². The maximum atomic E-state index is 10.6. The van der Waals surface area contributed by atoms with E-state index in [2.05, 4.69) is 11.9 Å². The van der Waals surface area contributed by atoms with Gasteiger partial charge < -0.3 is 19.3 Å². The third-order valence-electron chi connectivity index (χ3n) is 2.45. The van der Waals surface area contributed by atoms with Crippen LogP contribution >= 0.6 is 0 Å². The molecule has 5 heteroatoms. The van der Waals surface area contributed by atoms with Gasteiger partial charge in [-0.25, -0.2) is 0 Å². The first kappa shape index (κ1) is 14.9. The SMILES string of the molecule is COCCN([C-]=O)C[C-]1CCN(C)C1.[Mn+2]. The molecule has 1 aliphatic rings. The Balaban J connectivity index is 0.00000196. The van der Waals surface area contributed by atoms with Crippen LogP contribution in [0.2, 0.25) is 0 Å². The molecule has 0 aliphatic carbocycles. The number of hydrogen-bond donors (Lipinski definition) is 0. The smallest absolute Gasteiger partial charge is 0.540 e. The summed E-state index contributed by atoms with van der Waals surface area (Å²) < 4.78 is 4.92. The Hall–Kier alpha value is -0.0905. The second-order valence-electron chi connectivity index (χ2n) is 3.74. The molecule has 1 saturated heterocycles.